The number of carbonyl (C=O) groups excluding carboxylic acids is 3. The minimum absolute atomic E-state index is 0.0192. The summed E-state index contributed by atoms with van der Waals surface area (Å²) in [4.78, 5) is 40.2. The van der Waals surface area contributed by atoms with E-state index < -0.39 is 23.7 Å². The average Bonchev–Trinajstić information content (AvgIpc) is 3.13. The van der Waals surface area contributed by atoms with Crippen LogP contribution in [0, 0.1) is 0 Å². The number of hydrogen-bond donors (Lipinski definition) is 1. The molecule has 1 atom stereocenters. The Kier molecular flexibility index (Phi) is 6.87. The number of amides is 1. The van der Waals surface area contributed by atoms with E-state index in [9.17, 15) is 19.5 Å². The first-order valence-corrected chi connectivity index (χ1v) is 12.2. The third kappa shape index (κ3) is 4.71. The van der Waals surface area contributed by atoms with Crippen LogP contribution in [0.4, 0.5) is 5.69 Å². The van der Waals surface area contributed by atoms with Crippen molar-refractivity contribution in [1.82, 2.24) is 0 Å². The molecule has 0 spiro atoms. The van der Waals surface area contributed by atoms with Crippen LogP contribution in [0.15, 0.2) is 82.8 Å². The molecule has 0 bridgehead atoms. The molecule has 184 valence electrons. The number of hydrogen-bond acceptors (Lipinski definition) is 5. The lowest BCUT2D eigenvalue weighted by Gasteiger charge is -2.27. The number of carbonyl (C=O) groups is 3. The predicted molar refractivity (Wildman–Crippen MR) is 142 cm³/mol. The highest BCUT2D eigenvalue weighted by Gasteiger charge is 2.47. The van der Waals surface area contributed by atoms with Crippen LogP contribution < -0.4 is 4.90 Å². The van der Waals surface area contributed by atoms with E-state index in [0.717, 1.165) is 10.0 Å². The fourth-order valence-corrected chi connectivity index (χ4v) is 4.51. The minimum atomic E-state index is -0.893. The molecule has 1 aliphatic heterocycles. The molecule has 6 nitrogen and oxygen atoms in total. The van der Waals surface area contributed by atoms with Gasteiger partial charge in [0.15, 0.2) is 0 Å². The fourth-order valence-electron chi connectivity index (χ4n) is 4.24. The monoisotopic (exact) mass is 547 g/mol. The zero-order chi connectivity index (χ0) is 26.2. The molecule has 1 saturated heterocycles. The Balaban J connectivity index is 1.93. The van der Waals surface area contributed by atoms with E-state index in [4.69, 9.17) is 4.74 Å². The average molecular weight is 548 g/mol. The second-order valence-corrected chi connectivity index (χ2v) is 10.5. The topological polar surface area (TPSA) is 83.9 Å². The Bertz CT molecular complexity index is 1370. The Hall–Kier alpha value is -3.71. The maximum Gasteiger partial charge on any atom is 0.337 e. The largest absolute Gasteiger partial charge is 0.507 e. The van der Waals surface area contributed by atoms with Crippen molar-refractivity contribution in [2.24, 2.45) is 0 Å². The van der Waals surface area contributed by atoms with Crippen LogP contribution in [0.1, 0.15) is 53.9 Å². The van der Waals surface area contributed by atoms with E-state index >= 15 is 0 Å². The van der Waals surface area contributed by atoms with Crippen molar-refractivity contribution in [3.05, 3.63) is 105 Å². The smallest absolute Gasteiger partial charge is 0.337 e. The Morgan fingerprint density at radius 1 is 0.944 bits per heavy atom. The summed E-state index contributed by atoms with van der Waals surface area (Å²) in [6, 6.07) is 19.9. The van der Waals surface area contributed by atoms with E-state index in [1.807, 2.05) is 24.3 Å². The van der Waals surface area contributed by atoms with E-state index in [2.05, 4.69) is 36.7 Å². The number of methoxy groups -OCH3 is 1. The standard InChI is InChI=1S/C29H26BrNO5/c1-29(2,3)20-12-8-17(9-13-20)24-23(25(32)18-10-14-21(30)15-11-18)26(33)27(34)31(24)22-7-5-6-19(16-22)28(35)36-4/h5-16,24,32H,1-4H3/b25-23+. The van der Waals surface area contributed by atoms with Crippen molar-refractivity contribution in [2.75, 3.05) is 12.0 Å². The molecule has 0 radical (unpaired) electrons. The first kappa shape index (κ1) is 25.4. The molecule has 3 aromatic carbocycles. The molecule has 1 N–H and O–H groups in total. The number of ketones is 1. The molecule has 1 aliphatic rings. The third-order valence-corrected chi connectivity index (χ3v) is 6.73. The number of esters is 1. The molecule has 1 amide bonds. The predicted octanol–water partition coefficient (Wildman–Crippen LogP) is 6.16. The van der Waals surface area contributed by atoms with Gasteiger partial charge < -0.3 is 9.84 Å². The van der Waals surface area contributed by atoms with Crippen molar-refractivity contribution in [3.63, 3.8) is 0 Å². The van der Waals surface area contributed by atoms with Crippen molar-refractivity contribution >= 4 is 45.0 Å². The Morgan fingerprint density at radius 3 is 2.17 bits per heavy atom. The van der Waals surface area contributed by atoms with Gasteiger partial charge in [-0.15, -0.1) is 0 Å². The Labute approximate surface area is 218 Å². The van der Waals surface area contributed by atoms with Gasteiger partial charge in [-0.2, -0.15) is 0 Å². The van der Waals surface area contributed by atoms with Gasteiger partial charge in [-0.05, 0) is 46.9 Å². The quantitative estimate of drug-likeness (QED) is 0.183. The van der Waals surface area contributed by atoms with Gasteiger partial charge in [-0.1, -0.05) is 79.2 Å². The molecular formula is C29H26BrNO5. The Morgan fingerprint density at radius 2 is 1.58 bits per heavy atom. The van der Waals surface area contributed by atoms with Crippen molar-refractivity contribution in [2.45, 2.75) is 32.2 Å². The summed E-state index contributed by atoms with van der Waals surface area (Å²) >= 11 is 3.37. The molecule has 0 aliphatic carbocycles. The van der Waals surface area contributed by atoms with Gasteiger partial charge in [0.1, 0.15) is 5.76 Å². The number of anilines is 1. The molecule has 7 heteroatoms. The summed E-state index contributed by atoms with van der Waals surface area (Å²) in [5.74, 6) is -2.42. The summed E-state index contributed by atoms with van der Waals surface area (Å²) in [6.07, 6.45) is 0. The normalized spacial score (nSPS) is 17.4. The van der Waals surface area contributed by atoms with Crippen LogP contribution >= 0.6 is 15.9 Å². The number of Topliss-reactive ketones (excluding diaryl/α,β-unsaturated/α-hetero) is 1. The second-order valence-electron chi connectivity index (χ2n) is 9.59. The SMILES string of the molecule is COC(=O)c1cccc(N2C(=O)C(=O)/C(=C(/O)c3ccc(Br)cc3)C2c2ccc(C(C)(C)C)cc2)c1. The molecule has 4 rings (SSSR count). The number of halogens is 1. The first-order valence-electron chi connectivity index (χ1n) is 11.4. The van der Waals surface area contributed by atoms with Gasteiger partial charge in [-0.3, -0.25) is 14.5 Å². The van der Waals surface area contributed by atoms with Crippen molar-refractivity contribution in [3.8, 4) is 0 Å². The maximum absolute atomic E-state index is 13.4. The molecule has 0 saturated carbocycles. The number of nitrogens with zero attached hydrogens (tertiary/aromatic N) is 1. The van der Waals surface area contributed by atoms with Crippen LogP contribution in [-0.2, 0) is 19.7 Å². The number of aliphatic hydroxyl groups is 1. The molecule has 1 unspecified atom stereocenters. The van der Waals surface area contributed by atoms with Crippen molar-refractivity contribution in [1.29, 1.82) is 0 Å². The van der Waals surface area contributed by atoms with Gasteiger partial charge >= 0.3 is 5.97 Å². The first-order chi connectivity index (χ1) is 17.0. The number of aliphatic hydroxyl groups excluding tert-OH is 1. The lowest BCUT2D eigenvalue weighted by Crippen LogP contribution is -2.29. The summed E-state index contributed by atoms with van der Waals surface area (Å²) in [6.45, 7) is 6.29. The zero-order valence-corrected chi connectivity index (χ0v) is 22.0. The van der Waals surface area contributed by atoms with Gasteiger partial charge in [0.25, 0.3) is 11.7 Å². The molecule has 1 fully saturated rings. The van der Waals surface area contributed by atoms with Crippen LogP contribution in [0.5, 0.6) is 0 Å². The minimum Gasteiger partial charge on any atom is -0.507 e. The van der Waals surface area contributed by atoms with Gasteiger partial charge in [-0.25, -0.2) is 4.79 Å². The zero-order valence-electron chi connectivity index (χ0n) is 20.4. The third-order valence-electron chi connectivity index (χ3n) is 6.20. The summed E-state index contributed by atoms with van der Waals surface area (Å²) in [5.41, 5.74) is 2.64. The highest BCUT2D eigenvalue weighted by Crippen LogP contribution is 2.42. The van der Waals surface area contributed by atoms with Crippen molar-refractivity contribution < 1.29 is 24.2 Å². The van der Waals surface area contributed by atoms with E-state index in [1.165, 1.54) is 18.1 Å². The highest BCUT2D eigenvalue weighted by molar-refractivity contribution is 9.10. The number of benzene rings is 3. The van der Waals surface area contributed by atoms with Crippen LogP contribution in [0.3, 0.4) is 0 Å². The van der Waals surface area contributed by atoms with Crippen LogP contribution in [0.25, 0.3) is 5.76 Å². The molecular weight excluding hydrogens is 522 g/mol. The second kappa shape index (κ2) is 9.74. The molecule has 1 heterocycles. The van der Waals surface area contributed by atoms with E-state index in [0.29, 0.717) is 16.8 Å². The number of ether oxygens (including phenoxy) is 1. The van der Waals surface area contributed by atoms with E-state index in [1.54, 1.807) is 42.5 Å². The summed E-state index contributed by atoms with van der Waals surface area (Å²) in [7, 11) is 1.27. The molecule has 0 aromatic heterocycles. The molecule has 36 heavy (non-hydrogen) atoms. The van der Waals surface area contributed by atoms with Gasteiger partial charge in [0, 0.05) is 15.7 Å². The lowest BCUT2D eigenvalue weighted by molar-refractivity contribution is -0.132. The fraction of sp³-hybridized carbons (Fsp3) is 0.207. The van der Waals surface area contributed by atoms with Crippen LogP contribution in [-0.4, -0.2) is 29.9 Å². The maximum atomic E-state index is 13.4. The lowest BCUT2D eigenvalue weighted by atomic mass is 9.85. The van der Waals surface area contributed by atoms with Crippen LogP contribution in [0.2, 0.25) is 0 Å². The highest BCUT2D eigenvalue weighted by atomic mass is 79.9. The van der Waals surface area contributed by atoms with Gasteiger partial charge in [0.2, 0.25) is 0 Å². The number of rotatable bonds is 4. The summed E-state index contributed by atoms with van der Waals surface area (Å²) in [5, 5.41) is 11.3. The van der Waals surface area contributed by atoms with Gasteiger partial charge in [0.05, 0.1) is 24.3 Å². The molecule has 3 aromatic rings. The van der Waals surface area contributed by atoms with E-state index in [-0.39, 0.29) is 22.3 Å². The summed E-state index contributed by atoms with van der Waals surface area (Å²) < 4.78 is 5.64.